The lowest BCUT2D eigenvalue weighted by atomic mass is 9.87. The fourth-order valence-electron chi connectivity index (χ4n) is 4.31. The highest BCUT2D eigenvalue weighted by molar-refractivity contribution is 6.07. The highest BCUT2D eigenvalue weighted by Gasteiger charge is 2.51. The summed E-state index contributed by atoms with van der Waals surface area (Å²) in [7, 11) is 1.58. The lowest BCUT2D eigenvalue weighted by Gasteiger charge is -2.37. The smallest absolute Gasteiger partial charge is 0.326 e. The second kappa shape index (κ2) is 8.55. The van der Waals surface area contributed by atoms with Gasteiger partial charge in [0, 0.05) is 26.2 Å². The van der Waals surface area contributed by atoms with Crippen molar-refractivity contribution in [1.82, 2.24) is 15.1 Å². The fraction of sp³-hybridized carbons (Fsp3) is 0.391. The van der Waals surface area contributed by atoms with Gasteiger partial charge >= 0.3 is 6.03 Å². The van der Waals surface area contributed by atoms with Gasteiger partial charge in [-0.1, -0.05) is 31.2 Å². The molecule has 0 aromatic heterocycles. The van der Waals surface area contributed by atoms with Crippen molar-refractivity contribution in [3.8, 4) is 5.75 Å². The number of halogens is 1. The zero-order chi connectivity index (χ0) is 22.0. The average Bonchev–Trinajstić information content (AvgIpc) is 3.05. The Balaban J connectivity index is 1.44. The number of carbonyl (C=O) groups is 2. The van der Waals surface area contributed by atoms with E-state index in [2.05, 4.69) is 10.2 Å². The first-order valence-corrected chi connectivity index (χ1v) is 10.5. The molecule has 0 aliphatic carbocycles. The molecule has 2 aromatic rings. The Morgan fingerprint density at radius 3 is 2.32 bits per heavy atom. The molecule has 0 radical (unpaired) electrons. The standard InChI is InChI=1S/C23H27FN4O3/c1-3-23(17-8-10-18(31-2)11-9-17)21(29)28(22(30)25-23)16-26-12-14-27(15-13-26)20-7-5-4-6-19(20)24/h4-11H,3,12-16H2,1-2H3,(H,25,30). The number of amides is 3. The Bertz CT molecular complexity index is 960. The van der Waals surface area contributed by atoms with E-state index in [1.807, 2.05) is 30.0 Å². The van der Waals surface area contributed by atoms with Crippen LogP contribution in [0.25, 0.3) is 0 Å². The summed E-state index contributed by atoms with van der Waals surface area (Å²) in [5.74, 6) is 0.204. The van der Waals surface area contributed by atoms with Gasteiger partial charge < -0.3 is 15.0 Å². The molecule has 4 rings (SSSR count). The first-order chi connectivity index (χ1) is 15.0. The molecule has 2 aliphatic rings. The summed E-state index contributed by atoms with van der Waals surface area (Å²) in [6, 6.07) is 13.5. The Labute approximate surface area is 181 Å². The summed E-state index contributed by atoms with van der Waals surface area (Å²) in [5, 5.41) is 2.91. The number of ether oxygens (including phenoxy) is 1. The molecule has 8 heteroatoms. The second-order valence-corrected chi connectivity index (χ2v) is 7.85. The largest absolute Gasteiger partial charge is 0.497 e. The summed E-state index contributed by atoms with van der Waals surface area (Å²) in [6.07, 6.45) is 0.446. The number of nitrogens with zero attached hydrogens (tertiary/aromatic N) is 3. The molecule has 1 atom stereocenters. The molecule has 31 heavy (non-hydrogen) atoms. The fourth-order valence-corrected chi connectivity index (χ4v) is 4.31. The molecule has 0 spiro atoms. The molecule has 2 saturated heterocycles. The molecule has 164 valence electrons. The minimum absolute atomic E-state index is 0.216. The van der Waals surface area contributed by atoms with Gasteiger partial charge in [-0.05, 0) is 36.2 Å². The minimum atomic E-state index is -1.07. The van der Waals surface area contributed by atoms with Crippen LogP contribution in [0.3, 0.4) is 0 Å². The highest BCUT2D eigenvalue weighted by Crippen LogP contribution is 2.33. The topological polar surface area (TPSA) is 65.1 Å². The van der Waals surface area contributed by atoms with Crippen molar-refractivity contribution in [2.75, 3.05) is 44.9 Å². The third kappa shape index (κ3) is 3.83. The Kier molecular flexibility index (Phi) is 5.82. The maximum atomic E-state index is 14.1. The molecule has 2 heterocycles. The Morgan fingerprint density at radius 1 is 1.03 bits per heavy atom. The van der Waals surface area contributed by atoms with Crippen LogP contribution in [0, 0.1) is 5.82 Å². The van der Waals surface area contributed by atoms with Crippen LogP contribution >= 0.6 is 0 Å². The number of nitrogens with one attached hydrogen (secondary N) is 1. The number of urea groups is 1. The van der Waals surface area contributed by atoms with E-state index in [0.717, 1.165) is 5.56 Å². The molecular formula is C23H27FN4O3. The van der Waals surface area contributed by atoms with E-state index < -0.39 is 5.54 Å². The van der Waals surface area contributed by atoms with Crippen molar-refractivity contribution in [1.29, 1.82) is 0 Å². The van der Waals surface area contributed by atoms with E-state index in [0.29, 0.717) is 44.0 Å². The van der Waals surface area contributed by atoms with E-state index in [1.54, 1.807) is 31.4 Å². The number of hydrogen-bond donors (Lipinski definition) is 1. The van der Waals surface area contributed by atoms with E-state index in [4.69, 9.17) is 4.74 Å². The predicted octanol–water partition coefficient (Wildman–Crippen LogP) is 2.77. The van der Waals surface area contributed by atoms with Gasteiger partial charge in [0.2, 0.25) is 0 Å². The molecule has 7 nitrogen and oxygen atoms in total. The monoisotopic (exact) mass is 426 g/mol. The van der Waals surface area contributed by atoms with Crippen LogP contribution in [-0.4, -0.2) is 61.7 Å². The number of piperazine rings is 1. The molecule has 0 bridgehead atoms. The third-order valence-electron chi connectivity index (χ3n) is 6.20. The molecule has 2 aliphatic heterocycles. The number of para-hydroxylation sites is 1. The first-order valence-electron chi connectivity index (χ1n) is 10.5. The summed E-state index contributed by atoms with van der Waals surface area (Å²) in [5.41, 5.74) is 0.251. The van der Waals surface area contributed by atoms with Crippen LogP contribution in [0.15, 0.2) is 48.5 Å². The minimum Gasteiger partial charge on any atom is -0.497 e. The maximum absolute atomic E-state index is 14.1. The van der Waals surface area contributed by atoms with Gasteiger partial charge in [-0.15, -0.1) is 0 Å². The number of anilines is 1. The van der Waals surface area contributed by atoms with Crippen molar-refractivity contribution in [2.45, 2.75) is 18.9 Å². The van der Waals surface area contributed by atoms with Gasteiger partial charge in [-0.25, -0.2) is 14.1 Å². The number of benzene rings is 2. The lowest BCUT2D eigenvalue weighted by molar-refractivity contribution is -0.133. The number of rotatable bonds is 6. The summed E-state index contributed by atoms with van der Waals surface area (Å²) < 4.78 is 19.3. The van der Waals surface area contributed by atoms with Crippen molar-refractivity contribution < 1.29 is 18.7 Å². The van der Waals surface area contributed by atoms with Crippen LogP contribution in [0.1, 0.15) is 18.9 Å². The molecule has 1 unspecified atom stereocenters. The molecule has 3 amide bonds. The molecule has 2 aromatic carbocycles. The van der Waals surface area contributed by atoms with Crippen molar-refractivity contribution in [2.24, 2.45) is 0 Å². The quantitative estimate of drug-likeness (QED) is 0.720. The summed E-state index contributed by atoms with van der Waals surface area (Å²) in [4.78, 5) is 31.4. The van der Waals surface area contributed by atoms with E-state index in [-0.39, 0.29) is 24.4 Å². The summed E-state index contributed by atoms with van der Waals surface area (Å²) >= 11 is 0. The molecule has 0 saturated carbocycles. The van der Waals surface area contributed by atoms with Crippen LogP contribution in [-0.2, 0) is 10.3 Å². The van der Waals surface area contributed by atoms with Crippen molar-refractivity contribution in [3.05, 3.63) is 59.9 Å². The van der Waals surface area contributed by atoms with E-state index >= 15 is 0 Å². The number of methoxy groups -OCH3 is 1. The number of hydrogen-bond acceptors (Lipinski definition) is 5. The SMILES string of the molecule is CCC1(c2ccc(OC)cc2)NC(=O)N(CN2CCN(c3ccccc3F)CC2)C1=O. The highest BCUT2D eigenvalue weighted by atomic mass is 19.1. The van der Waals surface area contributed by atoms with Gasteiger partial charge in [0.1, 0.15) is 17.1 Å². The van der Waals surface area contributed by atoms with Crippen molar-refractivity contribution in [3.63, 3.8) is 0 Å². The number of imide groups is 1. The molecule has 2 fully saturated rings. The molecular weight excluding hydrogens is 399 g/mol. The zero-order valence-corrected chi connectivity index (χ0v) is 17.8. The van der Waals surface area contributed by atoms with Crippen LogP contribution in [0.2, 0.25) is 0 Å². The maximum Gasteiger partial charge on any atom is 0.326 e. The van der Waals surface area contributed by atoms with Crippen LogP contribution < -0.4 is 15.0 Å². The average molecular weight is 426 g/mol. The lowest BCUT2D eigenvalue weighted by Crippen LogP contribution is -2.52. The van der Waals surface area contributed by atoms with E-state index in [1.165, 1.54) is 11.0 Å². The first kappa shape index (κ1) is 21.1. The van der Waals surface area contributed by atoms with Gasteiger partial charge in [0.25, 0.3) is 5.91 Å². The number of carbonyl (C=O) groups excluding carboxylic acids is 2. The van der Waals surface area contributed by atoms with Crippen LogP contribution in [0.4, 0.5) is 14.9 Å². The Hall–Kier alpha value is -3.13. The normalized spacial score (nSPS) is 22.0. The van der Waals surface area contributed by atoms with Gasteiger partial charge in [0.05, 0.1) is 19.5 Å². The van der Waals surface area contributed by atoms with Gasteiger partial charge in [-0.2, -0.15) is 0 Å². The van der Waals surface area contributed by atoms with E-state index in [9.17, 15) is 14.0 Å². The third-order valence-corrected chi connectivity index (χ3v) is 6.20. The van der Waals surface area contributed by atoms with Crippen molar-refractivity contribution >= 4 is 17.6 Å². The second-order valence-electron chi connectivity index (χ2n) is 7.85. The van der Waals surface area contributed by atoms with Gasteiger partial charge in [0.15, 0.2) is 0 Å². The van der Waals surface area contributed by atoms with Crippen LogP contribution in [0.5, 0.6) is 5.75 Å². The zero-order valence-electron chi connectivity index (χ0n) is 17.8. The Morgan fingerprint density at radius 2 is 1.71 bits per heavy atom. The molecule has 1 N–H and O–H groups in total. The predicted molar refractivity (Wildman–Crippen MR) is 115 cm³/mol. The van der Waals surface area contributed by atoms with Gasteiger partial charge in [-0.3, -0.25) is 9.69 Å². The summed E-state index contributed by atoms with van der Waals surface area (Å²) in [6.45, 7) is 4.62.